The zero-order valence-electron chi connectivity index (χ0n) is 16.1. The molecule has 7 nitrogen and oxygen atoms in total. The van der Waals surface area contributed by atoms with Crippen molar-refractivity contribution in [3.05, 3.63) is 35.2 Å². The zero-order chi connectivity index (χ0) is 19.3. The minimum atomic E-state index is 0.277. The van der Waals surface area contributed by atoms with E-state index in [0.717, 1.165) is 57.7 Å². The molecule has 2 saturated heterocycles. The number of piperazine rings is 1. The van der Waals surface area contributed by atoms with Crippen LogP contribution in [0.15, 0.2) is 34.7 Å². The summed E-state index contributed by atoms with van der Waals surface area (Å²) in [7, 11) is 0. The summed E-state index contributed by atoms with van der Waals surface area (Å²) in [4.78, 5) is 19.4. The van der Waals surface area contributed by atoms with Crippen molar-refractivity contribution in [3.63, 3.8) is 0 Å². The highest BCUT2D eigenvalue weighted by atomic mass is 32.1. The van der Waals surface area contributed by atoms with Gasteiger partial charge in [-0.2, -0.15) is 0 Å². The van der Waals surface area contributed by atoms with Crippen LogP contribution in [0.3, 0.4) is 0 Å². The van der Waals surface area contributed by atoms with Crippen LogP contribution in [-0.4, -0.2) is 76.2 Å². The lowest BCUT2D eigenvalue weighted by Crippen LogP contribution is -2.50. The van der Waals surface area contributed by atoms with Gasteiger partial charge in [-0.25, -0.2) is 4.68 Å². The Kier molecular flexibility index (Phi) is 6.19. The Morgan fingerprint density at radius 3 is 2.36 bits per heavy atom. The predicted octanol–water partition coefficient (Wildman–Crippen LogP) is 2.46. The predicted molar refractivity (Wildman–Crippen MR) is 109 cm³/mol. The second kappa shape index (κ2) is 8.98. The monoisotopic (exact) mass is 401 g/mol. The van der Waals surface area contributed by atoms with Gasteiger partial charge in [0.05, 0.1) is 13.2 Å². The number of piperidine rings is 1. The van der Waals surface area contributed by atoms with Crippen molar-refractivity contribution < 1.29 is 9.21 Å². The number of amides is 1. The van der Waals surface area contributed by atoms with Crippen LogP contribution in [0.1, 0.15) is 19.3 Å². The molecule has 4 rings (SSSR count). The summed E-state index contributed by atoms with van der Waals surface area (Å²) in [5.74, 6) is 0.829. The van der Waals surface area contributed by atoms with Crippen LogP contribution in [0, 0.1) is 4.84 Å². The fraction of sp³-hybridized carbons (Fsp3) is 0.550. The van der Waals surface area contributed by atoms with Gasteiger partial charge in [-0.1, -0.05) is 18.2 Å². The molecule has 150 valence electrons. The average molecular weight is 402 g/mol. The van der Waals surface area contributed by atoms with Crippen molar-refractivity contribution in [1.82, 2.24) is 24.5 Å². The Morgan fingerprint density at radius 1 is 0.964 bits per heavy atom. The molecule has 0 radical (unpaired) electrons. The second-order valence-corrected chi connectivity index (χ2v) is 7.86. The second-order valence-electron chi connectivity index (χ2n) is 7.52. The Labute approximate surface area is 170 Å². The molecule has 1 aromatic heterocycles. The van der Waals surface area contributed by atoms with Gasteiger partial charge in [-0.15, -0.1) is 5.10 Å². The molecule has 0 aliphatic carbocycles. The first-order valence-electron chi connectivity index (χ1n) is 10.0. The number of carbonyl (C=O) groups is 1. The molecule has 8 heteroatoms. The molecule has 1 aromatic carbocycles. The Hall–Kier alpha value is -2.03. The van der Waals surface area contributed by atoms with Crippen LogP contribution < -0.4 is 0 Å². The largest absolute Gasteiger partial charge is 0.409 e. The highest BCUT2D eigenvalue weighted by Gasteiger charge is 2.23. The van der Waals surface area contributed by atoms with Crippen LogP contribution >= 0.6 is 12.2 Å². The van der Waals surface area contributed by atoms with Gasteiger partial charge < -0.3 is 9.32 Å². The van der Waals surface area contributed by atoms with Gasteiger partial charge in [-0.3, -0.25) is 14.6 Å². The molecule has 0 atom stereocenters. The SMILES string of the molecule is O=C(CN1CCN(Cn2nc(-c3ccccc3)oc2=S)CC1)N1CCCCC1. The van der Waals surface area contributed by atoms with Crippen molar-refractivity contribution >= 4 is 18.1 Å². The maximum Gasteiger partial charge on any atom is 0.288 e. The molecule has 0 N–H and O–H groups in total. The fourth-order valence-corrected chi connectivity index (χ4v) is 3.98. The molecule has 0 spiro atoms. The molecule has 2 aliphatic rings. The zero-order valence-corrected chi connectivity index (χ0v) is 16.9. The van der Waals surface area contributed by atoms with Crippen molar-refractivity contribution in [2.45, 2.75) is 25.9 Å². The van der Waals surface area contributed by atoms with E-state index in [9.17, 15) is 4.79 Å². The lowest BCUT2D eigenvalue weighted by molar-refractivity contribution is -0.133. The molecule has 2 aliphatic heterocycles. The highest BCUT2D eigenvalue weighted by molar-refractivity contribution is 7.71. The lowest BCUT2D eigenvalue weighted by Gasteiger charge is -2.35. The first-order chi connectivity index (χ1) is 13.7. The van der Waals surface area contributed by atoms with E-state index in [0.29, 0.717) is 23.9 Å². The van der Waals surface area contributed by atoms with Gasteiger partial charge in [0, 0.05) is 44.8 Å². The summed E-state index contributed by atoms with van der Waals surface area (Å²) < 4.78 is 7.40. The first-order valence-corrected chi connectivity index (χ1v) is 10.5. The summed E-state index contributed by atoms with van der Waals surface area (Å²) in [6.07, 6.45) is 3.53. The van der Waals surface area contributed by atoms with Crippen molar-refractivity contribution in [2.75, 3.05) is 45.8 Å². The average Bonchev–Trinajstić information content (AvgIpc) is 3.11. The molecule has 0 bridgehead atoms. The number of hydrogen-bond acceptors (Lipinski definition) is 6. The van der Waals surface area contributed by atoms with E-state index >= 15 is 0 Å². The van der Waals surface area contributed by atoms with E-state index < -0.39 is 0 Å². The lowest BCUT2D eigenvalue weighted by atomic mass is 10.1. The van der Waals surface area contributed by atoms with Crippen LogP contribution in [0.2, 0.25) is 0 Å². The molecule has 2 fully saturated rings. The van der Waals surface area contributed by atoms with Gasteiger partial charge in [0.2, 0.25) is 11.8 Å². The number of benzene rings is 1. The molecule has 28 heavy (non-hydrogen) atoms. The third-order valence-electron chi connectivity index (χ3n) is 5.49. The minimum absolute atomic E-state index is 0.277. The quantitative estimate of drug-likeness (QED) is 0.718. The molecular weight excluding hydrogens is 374 g/mol. The van der Waals surface area contributed by atoms with Crippen LogP contribution in [0.5, 0.6) is 0 Å². The van der Waals surface area contributed by atoms with Crippen LogP contribution in [-0.2, 0) is 11.5 Å². The highest BCUT2D eigenvalue weighted by Crippen LogP contribution is 2.17. The van der Waals surface area contributed by atoms with E-state index in [1.807, 2.05) is 35.2 Å². The number of nitrogens with zero attached hydrogens (tertiary/aromatic N) is 5. The van der Waals surface area contributed by atoms with Gasteiger partial charge in [0.15, 0.2) is 0 Å². The fourth-order valence-electron chi connectivity index (χ4n) is 3.81. The van der Waals surface area contributed by atoms with E-state index in [1.165, 1.54) is 6.42 Å². The molecule has 2 aromatic rings. The summed E-state index contributed by atoms with van der Waals surface area (Å²) in [5.41, 5.74) is 0.924. The standard InChI is InChI=1S/C20H27N5O2S/c26-18(24-9-5-2-6-10-24)15-22-11-13-23(14-12-22)16-25-20(28)27-19(21-25)17-7-3-1-4-8-17/h1,3-4,7-8H,2,5-6,9-16H2. The van der Waals surface area contributed by atoms with Crippen molar-refractivity contribution in [2.24, 2.45) is 0 Å². The molecule has 3 heterocycles. The van der Waals surface area contributed by atoms with Gasteiger partial charge >= 0.3 is 0 Å². The Morgan fingerprint density at radius 2 is 1.64 bits per heavy atom. The Balaban J connectivity index is 1.28. The van der Waals surface area contributed by atoms with Gasteiger partial charge in [0.25, 0.3) is 4.84 Å². The van der Waals surface area contributed by atoms with Crippen molar-refractivity contribution in [1.29, 1.82) is 0 Å². The van der Waals surface area contributed by atoms with E-state index in [4.69, 9.17) is 16.6 Å². The minimum Gasteiger partial charge on any atom is -0.409 e. The number of likely N-dealkylation sites (tertiary alicyclic amines) is 1. The summed E-state index contributed by atoms with van der Waals surface area (Å²) in [6.45, 7) is 6.55. The molecule has 1 amide bonds. The van der Waals surface area contributed by atoms with Gasteiger partial charge in [0.1, 0.15) is 0 Å². The molecule has 0 unspecified atom stereocenters. The number of rotatable bonds is 5. The van der Waals surface area contributed by atoms with Crippen molar-refractivity contribution in [3.8, 4) is 11.5 Å². The van der Waals surface area contributed by atoms with E-state index in [-0.39, 0.29) is 5.91 Å². The van der Waals surface area contributed by atoms with Crippen LogP contribution in [0.25, 0.3) is 11.5 Å². The number of carbonyl (C=O) groups excluding carboxylic acids is 1. The smallest absolute Gasteiger partial charge is 0.288 e. The summed E-state index contributed by atoms with van der Waals surface area (Å²) in [5, 5.41) is 4.53. The molecule has 0 saturated carbocycles. The van der Waals surface area contributed by atoms with E-state index in [1.54, 1.807) is 4.68 Å². The van der Waals surface area contributed by atoms with Crippen LogP contribution in [0.4, 0.5) is 0 Å². The third kappa shape index (κ3) is 4.68. The summed E-state index contributed by atoms with van der Waals surface area (Å²) in [6, 6.07) is 9.80. The third-order valence-corrected chi connectivity index (χ3v) is 5.79. The maximum absolute atomic E-state index is 12.5. The topological polar surface area (TPSA) is 57.8 Å². The van der Waals surface area contributed by atoms with Gasteiger partial charge in [-0.05, 0) is 43.6 Å². The first kappa shape index (κ1) is 19.3. The number of hydrogen-bond donors (Lipinski definition) is 0. The summed E-state index contributed by atoms with van der Waals surface area (Å²) >= 11 is 5.34. The number of aromatic nitrogens is 2. The maximum atomic E-state index is 12.5. The normalized spacial score (nSPS) is 19.1. The molecular formula is C20H27N5O2S. The van der Waals surface area contributed by atoms with E-state index in [2.05, 4.69) is 14.9 Å². The Bertz CT molecular complexity index is 836.